The van der Waals surface area contributed by atoms with Crippen LogP contribution in [-0.4, -0.2) is 16.2 Å². The Bertz CT molecular complexity index is 305. The predicted molar refractivity (Wildman–Crippen MR) is 34.0 cm³/mol. The average Bonchev–Trinajstić information content (AvgIpc) is 2.36. The van der Waals surface area contributed by atoms with Gasteiger partial charge in [0, 0.05) is 12.3 Å². The summed E-state index contributed by atoms with van der Waals surface area (Å²) in [6, 6.07) is 1.87. The van der Waals surface area contributed by atoms with Crippen LogP contribution >= 0.6 is 0 Å². The van der Waals surface area contributed by atoms with Gasteiger partial charge in [-0.05, 0) is 0 Å². The molecule has 2 heterocycles. The van der Waals surface area contributed by atoms with Gasteiger partial charge < -0.3 is 4.74 Å². The summed E-state index contributed by atoms with van der Waals surface area (Å²) in [5.41, 5.74) is -0.0394. The summed E-state index contributed by atoms with van der Waals surface area (Å²) in [5.74, 6) is 0. The van der Waals surface area contributed by atoms with E-state index >= 15 is 0 Å². The first-order valence-corrected chi connectivity index (χ1v) is 3.06. The average molecular weight is 138 g/mol. The molecule has 0 amide bonds. The maximum Gasteiger partial charge on any atom is 0.299 e. The van der Waals surface area contributed by atoms with E-state index < -0.39 is 0 Å². The lowest BCUT2D eigenvalue weighted by Gasteiger charge is -1.94. The molecule has 1 aromatic heterocycles. The van der Waals surface area contributed by atoms with E-state index in [0.717, 1.165) is 0 Å². The van der Waals surface area contributed by atoms with Crippen molar-refractivity contribution in [3.63, 3.8) is 0 Å². The third-order valence-electron chi connectivity index (χ3n) is 1.45. The second kappa shape index (κ2) is 1.83. The van der Waals surface area contributed by atoms with Crippen LogP contribution in [0.5, 0.6) is 6.01 Å². The molecule has 0 spiro atoms. The molecule has 2 rings (SSSR count). The van der Waals surface area contributed by atoms with Gasteiger partial charge in [-0.15, -0.1) is 0 Å². The first kappa shape index (κ1) is 5.46. The van der Waals surface area contributed by atoms with Crippen molar-refractivity contribution in [2.24, 2.45) is 0 Å². The lowest BCUT2D eigenvalue weighted by molar-refractivity contribution is 0.344. The molecule has 0 bridgehead atoms. The quantitative estimate of drug-likeness (QED) is 0.491. The molecule has 1 aliphatic heterocycles. The van der Waals surface area contributed by atoms with Crippen molar-refractivity contribution in [1.82, 2.24) is 9.55 Å². The Kier molecular flexibility index (Phi) is 1.00. The highest BCUT2D eigenvalue weighted by Gasteiger charge is 2.11. The number of fused-ring (bicyclic) bond motifs is 1. The Morgan fingerprint density at radius 3 is 3.40 bits per heavy atom. The summed E-state index contributed by atoms with van der Waals surface area (Å²) in [6.07, 6.45) is 1.46. The Morgan fingerprint density at radius 2 is 2.60 bits per heavy atom. The maximum absolute atomic E-state index is 11.0. The monoisotopic (exact) mass is 138 g/mol. The lowest BCUT2D eigenvalue weighted by Crippen LogP contribution is -2.15. The molecule has 10 heavy (non-hydrogen) atoms. The van der Waals surface area contributed by atoms with Gasteiger partial charge in [0.15, 0.2) is 0 Å². The van der Waals surface area contributed by atoms with Crippen LogP contribution in [0.25, 0.3) is 0 Å². The topological polar surface area (TPSA) is 44.1 Å². The van der Waals surface area contributed by atoms with E-state index in [1.54, 1.807) is 0 Å². The zero-order chi connectivity index (χ0) is 6.97. The smallest absolute Gasteiger partial charge is 0.299 e. The van der Waals surface area contributed by atoms with Crippen molar-refractivity contribution in [2.75, 3.05) is 6.61 Å². The van der Waals surface area contributed by atoms with E-state index in [2.05, 4.69) is 4.98 Å². The largest absolute Gasteiger partial charge is 0.463 e. The predicted octanol–water partition coefficient (Wildman–Crippen LogP) is -0.364. The standard InChI is InChI=1S/C6H6N2O2/c9-5-1-2-7-6-8(5)3-4-10-6/h1-2H,3-4H2. The van der Waals surface area contributed by atoms with Crippen LogP contribution in [0, 0.1) is 0 Å². The highest BCUT2D eigenvalue weighted by atomic mass is 16.5. The van der Waals surface area contributed by atoms with Crippen molar-refractivity contribution < 1.29 is 4.74 Å². The highest BCUT2D eigenvalue weighted by Crippen LogP contribution is 2.07. The van der Waals surface area contributed by atoms with Crippen LogP contribution in [-0.2, 0) is 6.54 Å². The summed E-state index contributed by atoms with van der Waals surface area (Å²) >= 11 is 0. The summed E-state index contributed by atoms with van der Waals surface area (Å²) in [6.45, 7) is 1.19. The summed E-state index contributed by atoms with van der Waals surface area (Å²) < 4.78 is 6.54. The van der Waals surface area contributed by atoms with Crippen LogP contribution in [0.3, 0.4) is 0 Å². The van der Waals surface area contributed by atoms with Crippen LogP contribution in [0.15, 0.2) is 17.1 Å². The van der Waals surface area contributed by atoms with Gasteiger partial charge in [0.2, 0.25) is 0 Å². The first-order valence-electron chi connectivity index (χ1n) is 3.06. The minimum absolute atomic E-state index is 0.0394. The van der Waals surface area contributed by atoms with Gasteiger partial charge in [-0.1, -0.05) is 0 Å². The lowest BCUT2D eigenvalue weighted by atomic mass is 10.6. The van der Waals surface area contributed by atoms with Crippen LogP contribution < -0.4 is 10.3 Å². The maximum atomic E-state index is 11.0. The molecule has 1 aliphatic rings. The van der Waals surface area contributed by atoms with Gasteiger partial charge in [0.05, 0.1) is 6.54 Å². The molecular formula is C6H6N2O2. The van der Waals surface area contributed by atoms with E-state index in [0.29, 0.717) is 19.2 Å². The van der Waals surface area contributed by atoms with E-state index in [4.69, 9.17) is 4.74 Å². The molecular weight excluding hydrogens is 132 g/mol. The fraction of sp³-hybridized carbons (Fsp3) is 0.333. The second-order valence-corrected chi connectivity index (χ2v) is 2.07. The van der Waals surface area contributed by atoms with E-state index in [-0.39, 0.29) is 5.56 Å². The zero-order valence-electron chi connectivity index (χ0n) is 5.28. The van der Waals surface area contributed by atoms with Gasteiger partial charge in [-0.3, -0.25) is 9.36 Å². The van der Waals surface area contributed by atoms with E-state index in [9.17, 15) is 4.79 Å². The third kappa shape index (κ3) is 0.618. The molecule has 0 aromatic carbocycles. The molecule has 0 atom stereocenters. The second-order valence-electron chi connectivity index (χ2n) is 2.07. The van der Waals surface area contributed by atoms with E-state index in [1.807, 2.05) is 0 Å². The fourth-order valence-electron chi connectivity index (χ4n) is 0.968. The number of hydrogen-bond acceptors (Lipinski definition) is 3. The zero-order valence-corrected chi connectivity index (χ0v) is 5.28. The summed E-state index contributed by atoms with van der Waals surface area (Å²) in [7, 11) is 0. The van der Waals surface area contributed by atoms with Crippen LogP contribution in [0.2, 0.25) is 0 Å². The Balaban J connectivity index is 2.70. The van der Waals surface area contributed by atoms with Crippen molar-refractivity contribution in [3.05, 3.63) is 22.6 Å². The Labute approximate surface area is 57.1 Å². The van der Waals surface area contributed by atoms with Crippen molar-refractivity contribution in [3.8, 4) is 6.01 Å². The summed E-state index contributed by atoms with van der Waals surface area (Å²) in [4.78, 5) is 14.8. The minimum Gasteiger partial charge on any atom is -0.463 e. The molecule has 4 nitrogen and oxygen atoms in total. The molecule has 0 radical (unpaired) electrons. The number of aromatic nitrogens is 2. The molecule has 0 N–H and O–H groups in total. The third-order valence-corrected chi connectivity index (χ3v) is 1.45. The molecule has 0 saturated heterocycles. The summed E-state index contributed by atoms with van der Waals surface area (Å²) in [5, 5.41) is 0. The number of nitrogens with zero attached hydrogens (tertiary/aromatic N) is 2. The fourth-order valence-corrected chi connectivity index (χ4v) is 0.968. The normalized spacial score (nSPS) is 14.4. The van der Waals surface area contributed by atoms with Crippen molar-refractivity contribution >= 4 is 0 Å². The van der Waals surface area contributed by atoms with Crippen molar-refractivity contribution in [1.29, 1.82) is 0 Å². The van der Waals surface area contributed by atoms with Crippen LogP contribution in [0.1, 0.15) is 0 Å². The Hall–Kier alpha value is -1.32. The molecule has 1 aromatic rings. The first-order chi connectivity index (χ1) is 4.88. The van der Waals surface area contributed by atoms with Crippen molar-refractivity contribution in [2.45, 2.75) is 6.54 Å². The Morgan fingerprint density at radius 1 is 1.70 bits per heavy atom. The minimum atomic E-state index is -0.0394. The molecule has 0 fully saturated rings. The van der Waals surface area contributed by atoms with Gasteiger partial charge in [0.1, 0.15) is 6.61 Å². The molecule has 0 unspecified atom stereocenters. The van der Waals surface area contributed by atoms with Gasteiger partial charge in [0.25, 0.3) is 11.6 Å². The number of rotatable bonds is 0. The van der Waals surface area contributed by atoms with Gasteiger partial charge in [-0.25, -0.2) is 4.98 Å². The van der Waals surface area contributed by atoms with Gasteiger partial charge in [-0.2, -0.15) is 0 Å². The molecule has 0 aliphatic carbocycles. The van der Waals surface area contributed by atoms with Gasteiger partial charge >= 0.3 is 0 Å². The molecule has 52 valence electrons. The molecule has 0 saturated carbocycles. The van der Waals surface area contributed by atoms with E-state index in [1.165, 1.54) is 16.8 Å². The van der Waals surface area contributed by atoms with Crippen LogP contribution in [0.4, 0.5) is 0 Å². The number of hydrogen-bond donors (Lipinski definition) is 0. The SMILES string of the molecule is O=c1ccnc2n1CCO2. The molecule has 4 heteroatoms. The number of ether oxygens (including phenoxy) is 1. The highest BCUT2D eigenvalue weighted by molar-refractivity contribution is 5.01.